The molecule has 2 rings (SSSR count). The highest BCUT2D eigenvalue weighted by Gasteiger charge is 2.14. The Morgan fingerprint density at radius 3 is 2.48 bits per heavy atom. The molecule has 110 valence electrons. The second-order valence-corrected chi connectivity index (χ2v) is 5.90. The zero-order valence-corrected chi connectivity index (χ0v) is 13.7. The number of anilines is 1. The average Bonchev–Trinajstić information content (AvgIpc) is 2.45. The number of nitrogens with one attached hydrogen (secondary N) is 1. The van der Waals surface area contributed by atoms with Crippen molar-refractivity contribution in [3.8, 4) is 0 Å². The van der Waals surface area contributed by atoms with Gasteiger partial charge in [-0.15, -0.1) is 0 Å². The van der Waals surface area contributed by atoms with Crippen molar-refractivity contribution < 1.29 is 4.92 Å². The number of nitrogens with zero attached hydrogens (tertiary/aromatic N) is 1. The van der Waals surface area contributed by atoms with Crippen LogP contribution in [-0.2, 0) is 0 Å². The SMILES string of the molecule is CCC(Nc1ccc([N+](=O)[O-])c(Cl)c1)c1ccc(Br)cc1. The normalized spacial score (nSPS) is 12.0. The fourth-order valence-corrected chi connectivity index (χ4v) is 2.58. The maximum atomic E-state index is 10.8. The molecule has 1 unspecified atom stereocenters. The molecule has 0 saturated heterocycles. The van der Waals surface area contributed by atoms with Gasteiger partial charge in [0.2, 0.25) is 0 Å². The summed E-state index contributed by atoms with van der Waals surface area (Å²) in [6.45, 7) is 2.08. The Kier molecular flexibility index (Phi) is 5.20. The van der Waals surface area contributed by atoms with Gasteiger partial charge in [-0.05, 0) is 36.2 Å². The molecule has 0 bridgehead atoms. The van der Waals surface area contributed by atoms with E-state index >= 15 is 0 Å². The Labute approximate surface area is 136 Å². The second-order valence-electron chi connectivity index (χ2n) is 4.58. The summed E-state index contributed by atoms with van der Waals surface area (Å²) in [6.07, 6.45) is 0.885. The van der Waals surface area contributed by atoms with Crippen LogP contribution in [0.15, 0.2) is 46.9 Å². The molecule has 0 fully saturated rings. The van der Waals surface area contributed by atoms with Crippen LogP contribution in [0.3, 0.4) is 0 Å². The van der Waals surface area contributed by atoms with Crippen molar-refractivity contribution in [1.82, 2.24) is 0 Å². The number of nitro benzene ring substituents is 1. The van der Waals surface area contributed by atoms with Crippen LogP contribution in [0.2, 0.25) is 5.02 Å². The molecule has 21 heavy (non-hydrogen) atoms. The number of rotatable bonds is 5. The number of nitro groups is 1. The fraction of sp³-hybridized carbons (Fsp3) is 0.200. The highest BCUT2D eigenvalue weighted by atomic mass is 79.9. The first-order valence-corrected chi connectivity index (χ1v) is 7.64. The summed E-state index contributed by atoms with van der Waals surface area (Å²) in [6, 6.07) is 12.9. The van der Waals surface area contributed by atoms with Crippen LogP contribution in [0, 0.1) is 10.1 Å². The Balaban J connectivity index is 2.20. The molecule has 2 aromatic carbocycles. The summed E-state index contributed by atoms with van der Waals surface area (Å²) in [4.78, 5) is 10.3. The lowest BCUT2D eigenvalue weighted by atomic mass is 10.0. The number of benzene rings is 2. The predicted molar refractivity (Wildman–Crippen MR) is 88.9 cm³/mol. The van der Waals surface area contributed by atoms with Gasteiger partial charge < -0.3 is 5.32 Å². The molecule has 0 heterocycles. The van der Waals surface area contributed by atoms with Crippen LogP contribution >= 0.6 is 27.5 Å². The maximum absolute atomic E-state index is 10.8. The first kappa shape index (κ1) is 15.8. The van der Waals surface area contributed by atoms with Crippen LogP contribution in [-0.4, -0.2) is 4.92 Å². The summed E-state index contributed by atoms with van der Waals surface area (Å²) in [5, 5.41) is 14.2. The van der Waals surface area contributed by atoms with E-state index in [1.54, 1.807) is 12.1 Å². The first-order valence-electron chi connectivity index (χ1n) is 6.47. The van der Waals surface area contributed by atoms with Crippen molar-refractivity contribution in [2.75, 3.05) is 5.32 Å². The van der Waals surface area contributed by atoms with E-state index in [2.05, 4.69) is 28.2 Å². The third-order valence-electron chi connectivity index (χ3n) is 3.17. The van der Waals surface area contributed by atoms with Crippen LogP contribution < -0.4 is 5.32 Å². The minimum absolute atomic E-state index is 0.0843. The van der Waals surface area contributed by atoms with Gasteiger partial charge in [-0.25, -0.2) is 0 Å². The zero-order valence-electron chi connectivity index (χ0n) is 11.3. The van der Waals surface area contributed by atoms with E-state index in [0.29, 0.717) is 0 Å². The fourth-order valence-electron chi connectivity index (χ4n) is 2.06. The molecule has 0 aliphatic rings. The molecule has 2 aromatic rings. The van der Waals surface area contributed by atoms with Crippen molar-refractivity contribution in [3.63, 3.8) is 0 Å². The van der Waals surface area contributed by atoms with E-state index in [-0.39, 0.29) is 16.8 Å². The van der Waals surface area contributed by atoms with Crippen molar-refractivity contribution in [3.05, 3.63) is 67.6 Å². The van der Waals surface area contributed by atoms with Crippen molar-refractivity contribution in [2.24, 2.45) is 0 Å². The van der Waals surface area contributed by atoms with Gasteiger partial charge in [0, 0.05) is 16.2 Å². The van der Waals surface area contributed by atoms with E-state index in [1.807, 2.05) is 24.3 Å². The predicted octanol–water partition coefficient (Wildman–Crippen LogP) is 5.57. The van der Waals surface area contributed by atoms with Gasteiger partial charge >= 0.3 is 0 Å². The Hall–Kier alpha value is -1.59. The van der Waals surface area contributed by atoms with Gasteiger partial charge in [0.15, 0.2) is 0 Å². The van der Waals surface area contributed by atoms with E-state index in [9.17, 15) is 10.1 Å². The third-order valence-corrected chi connectivity index (χ3v) is 4.00. The van der Waals surface area contributed by atoms with Gasteiger partial charge in [0.05, 0.1) is 11.0 Å². The Morgan fingerprint density at radius 1 is 1.29 bits per heavy atom. The van der Waals surface area contributed by atoms with E-state index in [4.69, 9.17) is 11.6 Å². The minimum atomic E-state index is -0.488. The molecule has 0 aliphatic carbocycles. The smallest absolute Gasteiger partial charge is 0.288 e. The lowest BCUT2D eigenvalue weighted by Crippen LogP contribution is -2.09. The van der Waals surface area contributed by atoms with E-state index in [1.165, 1.54) is 6.07 Å². The molecule has 0 radical (unpaired) electrons. The van der Waals surface area contributed by atoms with Crippen molar-refractivity contribution in [1.29, 1.82) is 0 Å². The minimum Gasteiger partial charge on any atom is -0.378 e. The molecule has 4 nitrogen and oxygen atoms in total. The molecule has 6 heteroatoms. The third kappa shape index (κ3) is 3.95. The summed E-state index contributed by atoms with van der Waals surface area (Å²) < 4.78 is 1.03. The van der Waals surface area contributed by atoms with Crippen molar-refractivity contribution >= 4 is 38.9 Å². The molecule has 0 aliphatic heterocycles. The molecule has 0 amide bonds. The summed E-state index contributed by atoms with van der Waals surface area (Å²) in [5.74, 6) is 0. The lowest BCUT2D eigenvalue weighted by molar-refractivity contribution is -0.384. The Bertz CT molecular complexity index is 647. The van der Waals surface area contributed by atoms with Gasteiger partial charge in [-0.1, -0.05) is 46.6 Å². The topological polar surface area (TPSA) is 55.2 Å². The maximum Gasteiger partial charge on any atom is 0.288 e. The zero-order chi connectivity index (χ0) is 15.4. The lowest BCUT2D eigenvalue weighted by Gasteiger charge is -2.19. The van der Waals surface area contributed by atoms with Gasteiger partial charge in [0.25, 0.3) is 5.69 Å². The molecule has 1 N–H and O–H groups in total. The van der Waals surface area contributed by atoms with Crippen LogP contribution in [0.4, 0.5) is 11.4 Å². The number of hydrogen-bond acceptors (Lipinski definition) is 3. The average molecular weight is 370 g/mol. The molecule has 0 saturated carbocycles. The monoisotopic (exact) mass is 368 g/mol. The van der Waals surface area contributed by atoms with E-state index in [0.717, 1.165) is 22.1 Å². The van der Waals surface area contributed by atoms with Crippen LogP contribution in [0.5, 0.6) is 0 Å². The van der Waals surface area contributed by atoms with Gasteiger partial charge in [0.1, 0.15) is 5.02 Å². The molecule has 0 spiro atoms. The Morgan fingerprint density at radius 2 is 1.95 bits per heavy atom. The van der Waals surface area contributed by atoms with Crippen LogP contribution in [0.25, 0.3) is 0 Å². The quantitative estimate of drug-likeness (QED) is 0.553. The standard InChI is InChI=1S/C15H14BrClN2O2/c1-2-14(10-3-5-11(16)6-4-10)18-12-7-8-15(19(20)21)13(17)9-12/h3-9,14,18H,2H2,1H3. The molecular weight excluding hydrogens is 356 g/mol. The summed E-state index contributed by atoms with van der Waals surface area (Å²) in [7, 11) is 0. The van der Waals surface area contributed by atoms with E-state index < -0.39 is 4.92 Å². The van der Waals surface area contributed by atoms with Crippen LogP contribution in [0.1, 0.15) is 24.9 Å². The highest BCUT2D eigenvalue weighted by molar-refractivity contribution is 9.10. The largest absolute Gasteiger partial charge is 0.378 e. The molecular formula is C15H14BrClN2O2. The number of halogens is 2. The molecule has 0 aromatic heterocycles. The van der Waals surface area contributed by atoms with Gasteiger partial charge in [-0.3, -0.25) is 10.1 Å². The number of hydrogen-bond donors (Lipinski definition) is 1. The second kappa shape index (κ2) is 6.91. The highest BCUT2D eigenvalue weighted by Crippen LogP contribution is 2.30. The summed E-state index contributed by atoms with van der Waals surface area (Å²) in [5.41, 5.74) is 1.83. The van der Waals surface area contributed by atoms with Crippen molar-refractivity contribution in [2.45, 2.75) is 19.4 Å². The summed E-state index contributed by atoms with van der Waals surface area (Å²) >= 11 is 9.34. The first-order chi connectivity index (χ1) is 10.0. The van der Waals surface area contributed by atoms with Gasteiger partial charge in [-0.2, -0.15) is 0 Å². The molecule has 1 atom stereocenters.